The lowest BCUT2D eigenvalue weighted by atomic mass is 9.91. The second kappa shape index (κ2) is 4.06. The smallest absolute Gasteiger partial charge is 0.156 e. The second-order valence-corrected chi connectivity index (χ2v) is 4.86. The molecular formula is C14H17N5. The topological polar surface area (TPSA) is 58.0 Å². The molecule has 2 N–H and O–H groups in total. The fourth-order valence-corrected chi connectivity index (χ4v) is 2.89. The van der Waals surface area contributed by atoms with Crippen molar-refractivity contribution >= 4 is 16.8 Å². The van der Waals surface area contributed by atoms with Crippen molar-refractivity contribution in [3.05, 3.63) is 30.4 Å². The van der Waals surface area contributed by atoms with Gasteiger partial charge in [-0.05, 0) is 18.5 Å². The maximum absolute atomic E-state index is 8.16. The molecule has 0 aromatic carbocycles. The molecule has 0 bridgehead atoms. The zero-order valence-electron chi connectivity index (χ0n) is 15.2. The molecule has 1 saturated heterocycles. The van der Waals surface area contributed by atoms with Crippen molar-refractivity contribution in [2.24, 2.45) is 5.92 Å². The Morgan fingerprint density at radius 2 is 2.47 bits per heavy atom. The summed E-state index contributed by atoms with van der Waals surface area (Å²) in [5, 5.41) is 3.14. The number of hydrogen-bond acceptors (Lipinski definition) is 3. The molecule has 3 aromatic heterocycles. The van der Waals surface area contributed by atoms with E-state index in [1.54, 1.807) is 18.6 Å². The van der Waals surface area contributed by atoms with Crippen LogP contribution in [0.5, 0.6) is 0 Å². The lowest BCUT2D eigenvalue weighted by molar-refractivity contribution is 0.493. The number of nitrogens with zero attached hydrogens (tertiary/aromatic N) is 3. The zero-order chi connectivity index (χ0) is 17.1. The highest BCUT2D eigenvalue weighted by molar-refractivity contribution is 5.74. The van der Waals surface area contributed by atoms with Crippen molar-refractivity contribution in [2.75, 3.05) is 13.1 Å². The van der Waals surface area contributed by atoms with Crippen molar-refractivity contribution in [3.8, 4) is 0 Å². The number of hydrogen-bond donors (Lipinski definition) is 2. The van der Waals surface area contributed by atoms with Gasteiger partial charge in [-0.25, -0.2) is 9.97 Å². The van der Waals surface area contributed by atoms with Crippen molar-refractivity contribution in [2.45, 2.75) is 19.1 Å². The molecule has 4 heterocycles. The minimum Gasteiger partial charge on any atom is -0.345 e. The third-order valence-electron chi connectivity index (χ3n) is 3.85. The van der Waals surface area contributed by atoms with E-state index in [9.17, 15) is 0 Å². The largest absolute Gasteiger partial charge is 0.345 e. The Morgan fingerprint density at radius 3 is 3.42 bits per heavy atom. The molecule has 0 radical (unpaired) electrons. The van der Waals surface area contributed by atoms with Crippen LogP contribution in [0.25, 0.3) is 16.8 Å². The van der Waals surface area contributed by atoms with Crippen LogP contribution in [0.15, 0.2) is 24.7 Å². The van der Waals surface area contributed by atoms with E-state index in [0.717, 1.165) is 11.2 Å². The predicted octanol–water partition coefficient (Wildman–Crippen LogP) is 1.92. The van der Waals surface area contributed by atoms with Crippen LogP contribution in [0.4, 0.5) is 0 Å². The quantitative estimate of drug-likeness (QED) is 0.740. The van der Waals surface area contributed by atoms with Crippen LogP contribution < -0.4 is 5.32 Å². The summed E-state index contributed by atoms with van der Waals surface area (Å²) in [6.07, 6.45) is 2.85. The number of rotatable bonds is 2. The molecule has 0 saturated carbocycles. The predicted molar refractivity (Wildman–Crippen MR) is 74.2 cm³/mol. The fraction of sp³-hybridized carbons (Fsp3) is 0.429. The lowest BCUT2D eigenvalue weighted by Crippen LogP contribution is -2.12. The van der Waals surface area contributed by atoms with Crippen LogP contribution in [0, 0.1) is 5.92 Å². The van der Waals surface area contributed by atoms with Gasteiger partial charge in [0.1, 0.15) is 0 Å². The number of H-pyrrole nitrogens is 1. The molecule has 0 aliphatic carbocycles. The molecule has 0 spiro atoms. The van der Waals surface area contributed by atoms with E-state index < -0.39 is 19.1 Å². The van der Waals surface area contributed by atoms with E-state index in [1.807, 2.05) is 10.5 Å². The van der Waals surface area contributed by atoms with Crippen LogP contribution >= 0.6 is 0 Å². The maximum Gasteiger partial charge on any atom is 0.156 e. The van der Waals surface area contributed by atoms with Crippen molar-refractivity contribution in [3.63, 3.8) is 0 Å². The molecule has 0 amide bonds. The number of fused-ring (bicyclic) bond motifs is 3. The summed E-state index contributed by atoms with van der Waals surface area (Å²) in [6, 6.07) is 1.89. The Kier molecular flexibility index (Phi) is 1.51. The van der Waals surface area contributed by atoms with E-state index in [4.69, 9.17) is 6.85 Å². The summed E-state index contributed by atoms with van der Waals surface area (Å²) in [5.41, 5.74) is 3.03. The lowest BCUT2D eigenvalue weighted by Gasteiger charge is -2.16. The maximum atomic E-state index is 8.16. The summed E-state index contributed by atoms with van der Waals surface area (Å²) >= 11 is 0. The molecule has 1 fully saturated rings. The summed E-state index contributed by atoms with van der Waals surface area (Å²) in [6.45, 7) is -1.83. The minimum absolute atomic E-state index is 0.282. The van der Waals surface area contributed by atoms with E-state index in [0.29, 0.717) is 24.4 Å². The highest BCUT2D eigenvalue weighted by Gasteiger charge is 2.29. The first kappa shape index (κ1) is 7.05. The van der Waals surface area contributed by atoms with Gasteiger partial charge in [0.25, 0.3) is 0 Å². The van der Waals surface area contributed by atoms with Gasteiger partial charge in [0.05, 0.1) is 11.7 Å². The number of imidazole rings is 1. The number of aromatic amines is 1. The molecule has 2 atom stereocenters. The summed E-state index contributed by atoms with van der Waals surface area (Å²) in [4.78, 5) is 11.7. The van der Waals surface area contributed by atoms with Crippen molar-refractivity contribution in [1.29, 1.82) is 0 Å². The fourth-order valence-electron chi connectivity index (χ4n) is 2.89. The van der Waals surface area contributed by atoms with Gasteiger partial charge in [0.15, 0.2) is 11.3 Å². The molecule has 98 valence electrons. The second-order valence-electron chi connectivity index (χ2n) is 4.86. The molecular weight excluding hydrogens is 238 g/mol. The molecule has 3 aromatic rings. The first-order valence-corrected chi connectivity index (χ1v) is 6.31. The third kappa shape index (κ3) is 1.51. The molecule has 1 aliphatic heterocycles. The van der Waals surface area contributed by atoms with Gasteiger partial charge in [-0.3, -0.25) is 4.40 Å². The average molecular weight is 260 g/mol. The molecule has 5 nitrogen and oxygen atoms in total. The summed E-state index contributed by atoms with van der Waals surface area (Å²) < 4.78 is 41.0. The third-order valence-corrected chi connectivity index (χ3v) is 3.85. The van der Waals surface area contributed by atoms with Gasteiger partial charge in [0.2, 0.25) is 0 Å². The van der Waals surface area contributed by atoms with Gasteiger partial charge in [-0.2, -0.15) is 0 Å². The van der Waals surface area contributed by atoms with Crippen LogP contribution in [0.3, 0.4) is 0 Å². The standard InChI is InChI=1S/C14H17N5/c1-2-9-5-15-6-10(9)12-7-17-13-8-18-14-11(19(12)13)3-4-16-14/h3-4,7-10,15-16H,2,5-6H2,1H3/t9-,10+/m1/s1/i1D3,2D2. The molecule has 19 heavy (non-hydrogen) atoms. The van der Waals surface area contributed by atoms with Crippen LogP contribution in [-0.2, 0) is 0 Å². The Balaban J connectivity index is 1.86. The van der Waals surface area contributed by atoms with E-state index in [2.05, 4.69) is 20.3 Å². The van der Waals surface area contributed by atoms with Gasteiger partial charge in [-0.1, -0.05) is 13.2 Å². The molecule has 5 heteroatoms. The Morgan fingerprint density at radius 1 is 1.47 bits per heavy atom. The Bertz CT molecular complexity index is 896. The SMILES string of the molecule is [2H]C([2H])([2H])C([2H])([2H])[C@@H]1CNC[C@@H]1c1cnc2cnc3[nH]ccc3n12. The minimum atomic E-state index is -2.67. The molecule has 0 unspecified atom stereocenters. The normalized spacial score (nSPS) is 28.9. The monoisotopic (exact) mass is 260 g/mol. The first-order valence-electron chi connectivity index (χ1n) is 8.81. The summed E-state index contributed by atoms with van der Waals surface area (Å²) in [5.74, 6) is -0.942. The van der Waals surface area contributed by atoms with E-state index in [-0.39, 0.29) is 5.92 Å². The zero-order valence-corrected chi connectivity index (χ0v) is 10.2. The van der Waals surface area contributed by atoms with Crippen LogP contribution in [0.2, 0.25) is 0 Å². The van der Waals surface area contributed by atoms with Crippen molar-refractivity contribution < 1.29 is 6.85 Å². The Labute approximate surface area is 118 Å². The Hall–Kier alpha value is -1.88. The van der Waals surface area contributed by atoms with Crippen LogP contribution in [-0.4, -0.2) is 32.4 Å². The van der Waals surface area contributed by atoms with Crippen molar-refractivity contribution in [1.82, 2.24) is 24.7 Å². The number of nitrogens with one attached hydrogen (secondary N) is 2. The van der Waals surface area contributed by atoms with Gasteiger partial charge >= 0.3 is 0 Å². The first-order chi connectivity index (χ1) is 11.3. The molecule has 4 rings (SSSR count). The summed E-state index contributed by atoms with van der Waals surface area (Å²) in [7, 11) is 0. The molecule has 1 aliphatic rings. The van der Waals surface area contributed by atoms with E-state index in [1.165, 1.54) is 0 Å². The average Bonchev–Trinajstić information content (AvgIpc) is 3.23. The van der Waals surface area contributed by atoms with Gasteiger partial charge in [0, 0.05) is 37.4 Å². The van der Waals surface area contributed by atoms with Crippen LogP contribution in [0.1, 0.15) is 31.7 Å². The highest BCUT2D eigenvalue weighted by Crippen LogP contribution is 2.31. The van der Waals surface area contributed by atoms with Gasteiger partial charge < -0.3 is 10.3 Å². The highest BCUT2D eigenvalue weighted by atomic mass is 15.1. The van der Waals surface area contributed by atoms with Gasteiger partial charge in [-0.15, -0.1) is 0 Å². The number of aromatic nitrogens is 4. The van der Waals surface area contributed by atoms with E-state index >= 15 is 0 Å².